The highest BCUT2D eigenvalue weighted by atomic mass is 16.5. The van der Waals surface area contributed by atoms with E-state index in [-0.39, 0.29) is 12.0 Å². The van der Waals surface area contributed by atoms with Gasteiger partial charge >= 0.3 is 0 Å². The van der Waals surface area contributed by atoms with E-state index in [4.69, 9.17) is 10.5 Å². The average Bonchev–Trinajstić information content (AvgIpc) is 2.35. The van der Waals surface area contributed by atoms with E-state index in [0.29, 0.717) is 6.54 Å². The molecule has 0 saturated carbocycles. The Balaban J connectivity index is 3.61. The van der Waals surface area contributed by atoms with Crippen LogP contribution in [0.25, 0.3) is 0 Å². The van der Waals surface area contributed by atoms with Crippen molar-refractivity contribution in [3.8, 4) is 5.75 Å². The van der Waals surface area contributed by atoms with Gasteiger partial charge in [0.1, 0.15) is 5.75 Å². The summed E-state index contributed by atoms with van der Waals surface area (Å²) in [5.41, 5.74) is 8.68. The lowest BCUT2D eigenvalue weighted by Crippen LogP contribution is -2.36. The van der Waals surface area contributed by atoms with Crippen LogP contribution in [0.15, 0.2) is 12.1 Å². The van der Waals surface area contributed by atoms with Gasteiger partial charge in [0.2, 0.25) is 0 Å². The SMILES string of the molecule is COc1c(C(C)(C)C)cc(C)cc1C(C)(CN)CO. The molecular formula is C16H27NO2. The van der Waals surface area contributed by atoms with E-state index < -0.39 is 5.41 Å². The quantitative estimate of drug-likeness (QED) is 0.879. The molecule has 0 aliphatic carbocycles. The molecule has 0 heterocycles. The first kappa shape index (κ1) is 16.0. The minimum atomic E-state index is -0.475. The van der Waals surface area contributed by atoms with E-state index >= 15 is 0 Å². The third-order valence-electron chi connectivity index (χ3n) is 3.70. The predicted octanol–water partition coefficient (Wildman–Crippen LogP) is 2.51. The van der Waals surface area contributed by atoms with Gasteiger partial charge in [0.15, 0.2) is 0 Å². The second kappa shape index (κ2) is 5.51. The standard InChI is InChI=1S/C16H27NO2/c1-11-7-12(15(2,3)4)14(19-6)13(8-11)16(5,9-17)10-18/h7-8,18H,9-10,17H2,1-6H3. The van der Waals surface area contributed by atoms with Crippen LogP contribution in [0.3, 0.4) is 0 Å². The first-order valence-electron chi connectivity index (χ1n) is 6.70. The van der Waals surface area contributed by atoms with Crippen molar-refractivity contribution in [2.45, 2.75) is 45.4 Å². The van der Waals surface area contributed by atoms with E-state index in [1.165, 1.54) is 0 Å². The summed E-state index contributed by atoms with van der Waals surface area (Å²) in [5.74, 6) is 0.847. The molecule has 0 spiro atoms. The van der Waals surface area contributed by atoms with Crippen molar-refractivity contribution in [2.24, 2.45) is 5.73 Å². The number of aliphatic hydroxyl groups excluding tert-OH is 1. The summed E-state index contributed by atoms with van der Waals surface area (Å²) in [6.45, 7) is 10.9. The molecule has 3 N–H and O–H groups in total. The van der Waals surface area contributed by atoms with Gasteiger partial charge in [-0.2, -0.15) is 0 Å². The lowest BCUT2D eigenvalue weighted by molar-refractivity contribution is 0.206. The summed E-state index contributed by atoms with van der Waals surface area (Å²) in [7, 11) is 1.68. The molecule has 0 aromatic heterocycles. The number of benzene rings is 1. The van der Waals surface area contributed by atoms with E-state index in [1.54, 1.807) is 7.11 Å². The number of nitrogens with two attached hydrogens (primary N) is 1. The molecule has 3 heteroatoms. The lowest BCUT2D eigenvalue weighted by Gasteiger charge is -2.32. The van der Waals surface area contributed by atoms with Crippen molar-refractivity contribution in [1.82, 2.24) is 0 Å². The second-order valence-electron chi connectivity index (χ2n) is 6.57. The fourth-order valence-corrected chi connectivity index (χ4v) is 2.26. The van der Waals surface area contributed by atoms with Crippen LogP contribution in [0.5, 0.6) is 5.75 Å². The first-order valence-corrected chi connectivity index (χ1v) is 6.70. The number of hydrogen-bond acceptors (Lipinski definition) is 3. The largest absolute Gasteiger partial charge is 0.496 e. The summed E-state index contributed by atoms with van der Waals surface area (Å²) >= 11 is 0. The van der Waals surface area contributed by atoms with Crippen molar-refractivity contribution in [2.75, 3.05) is 20.3 Å². The van der Waals surface area contributed by atoms with Crippen LogP contribution < -0.4 is 10.5 Å². The molecule has 3 nitrogen and oxygen atoms in total. The molecule has 0 saturated heterocycles. The Labute approximate surface area is 116 Å². The highest BCUT2D eigenvalue weighted by Crippen LogP contribution is 2.40. The number of methoxy groups -OCH3 is 1. The third-order valence-corrected chi connectivity index (χ3v) is 3.70. The van der Waals surface area contributed by atoms with Gasteiger partial charge in [-0.05, 0) is 12.3 Å². The summed E-state index contributed by atoms with van der Waals surface area (Å²) < 4.78 is 5.64. The zero-order valence-corrected chi connectivity index (χ0v) is 13.0. The average molecular weight is 265 g/mol. The van der Waals surface area contributed by atoms with Crippen molar-refractivity contribution < 1.29 is 9.84 Å². The van der Waals surface area contributed by atoms with Crippen LogP contribution >= 0.6 is 0 Å². The molecule has 0 fully saturated rings. The molecule has 0 amide bonds. The molecule has 0 aliphatic heterocycles. The van der Waals surface area contributed by atoms with Crippen LogP contribution in [-0.2, 0) is 10.8 Å². The lowest BCUT2D eigenvalue weighted by atomic mass is 9.77. The van der Waals surface area contributed by atoms with Crippen molar-refractivity contribution in [3.05, 3.63) is 28.8 Å². The van der Waals surface area contributed by atoms with Gasteiger partial charge < -0.3 is 15.6 Å². The van der Waals surface area contributed by atoms with Crippen LogP contribution in [-0.4, -0.2) is 25.4 Å². The minimum absolute atomic E-state index is 0.00684. The Bertz CT molecular complexity index is 443. The Morgan fingerprint density at radius 3 is 2.05 bits per heavy atom. The molecule has 0 radical (unpaired) electrons. The first-order chi connectivity index (χ1) is 8.69. The van der Waals surface area contributed by atoms with Gasteiger partial charge in [0.25, 0.3) is 0 Å². The molecule has 1 unspecified atom stereocenters. The fourth-order valence-electron chi connectivity index (χ4n) is 2.26. The highest BCUT2D eigenvalue weighted by molar-refractivity contribution is 5.51. The second-order valence-corrected chi connectivity index (χ2v) is 6.57. The number of aliphatic hydroxyl groups is 1. The molecule has 1 aromatic carbocycles. The number of hydrogen-bond donors (Lipinski definition) is 2. The maximum absolute atomic E-state index is 9.71. The Morgan fingerprint density at radius 1 is 1.16 bits per heavy atom. The Hall–Kier alpha value is -1.06. The third kappa shape index (κ3) is 3.10. The van der Waals surface area contributed by atoms with Gasteiger partial charge in [0, 0.05) is 23.1 Å². The molecule has 0 aliphatic rings. The molecule has 1 atom stereocenters. The molecule has 108 valence electrons. The van der Waals surface area contributed by atoms with E-state index in [1.807, 2.05) is 6.92 Å². The Kier molecular flexibility index (Phi) is 4.64. The highest BCUT2D eigenvalue weighted by Gasteiger charge is 2.31. The number of aryl methyl sites for hydroxylation is 1. The summed E-state index contributed by atoms with van der Waals surface area (Å²) in [6, 6.07) is 4.22. The van der Waals surface area contributed by atoms with Gasteiger partial charge in [-0.15, -0.1) is 0 Å². The molecule has 1 aromatic rings. The Morgan fingerprint density at radius 2 is 1.68 bits per heavy atom. The zero-order chi connectivity index (χ0) is 14.8. The van der Waals surface area contributed by atoms with Gasteiger partial charge in [-0.1, -0.05) is 45.4 Å². The van der Waals surface area contributed by atoms with Gasteiger partial charge in [0.05, 0.1) is 13.7 Å². The van der Waals surface area contributed by atoms with E-state index in [9.17, 15) is 5.11 Å². The molecule has 19 heavy (non-hydrogen) atoms. The summed E-state index contributed by atoms with van der Waals surface area (Å²) in [6.07, 6.45) is 0. The monoisotopic (exact) mass is 265 g/mol. The van der Waals surface area contributed by atoms with E-state index in [2.05, 4.69) is 39.8 Å². The molecule has 0 bridgehead atoms. The number of rotatable bonds is 4. The fraction of sp³-hybridized carbons (Fsp3) is 0.625. The zero-order valence-electron chi connectivity index (χ0n) is 13.0. The van der Waals surface area contributed by atoms with Crippen LogP contribution in [0.4, 0.5) is 0 Å². The smallest absolute Gasteiger partial charge is 0.126 e. The number of ether oxygens (including phenoxy) is 1. The summed E-state index contributed by atoms with van der Waals surface area (Å²) in [5, 5.41) is 9.71. The van der Waals surface area contributed by atoms with E-state index in [0.717, 1.165) is 22.4 Å². The van der Waals surface area contributed by atoms with Gasteiger partial charge in [-0.3, -0.25) is 0 Å². The minimum Gasteiger partial charge on any atom is -0.496 e. The maximum Gasteiger partial charge on any atom is 0.126 e. The van der Waals surface area contributed by atoms with Gasteiger partial charge in [-0.25, -0.2) is 0 Å². The van der Waals surface area contributed by atoms with Crippen LogP contribution in [0.1, 0.15) is 44.4 Å². The normalized spacial score (nSPS) is 15.2. The maximum atomic E-state index is 9.71. The topological polar surface area (TPSA) is 55.5 Å². The predicted molar refractivity (Wildman–Crippen MR) is 79.9 cm³/mol. The van der Waals surface area contributed by atoms with Crippen molar-refractivity contribution in [1.29, 1.82) is 0 Å². The van der Waals surface area contributed by atoms with Crippen LogP contribution in [0, 0.1) is 6.92 Å². The molecule has 1 rings (SSSR count). The van der Waals surface area contributed by atoms with Crippen molar-refractivity contribution in [3.63, 3.8) is 0 Å². The summed E-state index contributed by atoms with van der Waals surface area (Å²) in [4.78, 5) is 0. The molecular weight excluding hydrogens is 238 g/mol. The van der Waals surface area contributed by atoms with Crippen LogP contribution in [0.2, 0.25) is 0 Å². The van der Waals surface area contributed by atoms with Crippen molar-refractivity contribution >= 4 is 0 Å².